The highest BCUT2D eigenvalue weighted by molar-refractivity contribution is 7.99. The van der Waals surface area contributed by atoms with Gasteiger partial charge in [0.05, 0.1) is 19.6 Å². The molecule has 0 aromatic heterocycles. The molecule has 0 aliphatic rings. The van der Waals surface area contributed by atoms with Crippen LogP contribution in [0.3, 0.4) is 0 Å². The van der Waals surface area contributed by atoms with Crippen molar-refractivity contribution in [2.75, 3.05) is 18.6 Å². The zero-order valence-corrected chi connectivity index (χ0v) is 26.4. The van der Waals surface area contributed by atoms with Crippen molar-refractivity contribution in [3.05, 3.63) is 97.1 Å². The van der Waals surface area contributed by atoms with Crippen LogP contribution in [-0.4, -0.2) is 39.0 Å². The Morgan fingerprint density at radius 3 is 1.90 bits per heavy atom. The topological polar surface area (TPSA) is 35.5 Å². The van der Waals surface area contributed by atoms with Crippen LogP contribution in [0, 0.1) is 0 Å². The summed E-state index contributed by atoms with van der Waals surface area (Å²) in [7, 11) is -1.19. The van der Waals surface area contributed by atoms with Gasteiger partial charge in [0, 0.05) is 5.75 Å². The van der Waals surface area contributed by atoms with E-state index in [0.29, 0.717) is 6.42 Å². The Morgan fingerprint density at radius 2 is 1.38 bits per heavy atom. The standard InChI is InChI=1S/C34H48O3SSi/c1-6-7-8-9-10-11-12-13-16-21-30(26-28-38-29-27-33(35)36-5)37-39(34(2,3)4,31-22-17-14-18-23-31)32-24-19-15-20-25-32/h7-8,10-11,13-20,22-25,30H,6,9,12,21,26-29H2,1-5H3/b8-7-,11-10-,16-13-. The van der Waals surface area contributed by atoms with Gasteiger partial charge >= 0.3 is 5.97 Å². The van der Waals surface area contributed by atoms with E-state index in [1.54, 1.807) is 11.8 Å². The molecule has 2 rings (SSSR count). The lowest BCUT2D eigenvalue weighted by Gasteiger charge is -2.45. The number of rotatable bonds is 17. The molecule has 2 aromatic carbocycles. The van der Waals surface area contributed by atoms with Crippen LogP contribution < -0.4 is 10.4 Å². The van der Waals surface area contributed by atoms with Crippen LogP contribution in [0.15, 0.2) is 97.1 Å². The van der Waals surface area contributed by atoms with E-state index in [2.05, 4.69) is 125 Å². The zero-order valence-electron chi connectivity index (χ0n) is 24.6. The Balaban J connectivity index is 2.28. The molecule has 0 aliphatic carbocycles. The normalized spacial score (nSPS) is 13.5. The summed E-state index contributed by atoms with van der Waals surface area (Å²) in [6.07, 6.45) is 18.7. The summed E-state index contributed by atoms with van der Waals surface area (Å²) < 4.78 is 12.3. The number of methoxy groups -OCH3 is 1. The fourth-order valence-corrected chi connectivity index (χ4v) is 10.4. The molecule has 1 atom stereocenters. The number of esters is 1. The first kappa shape index (κ1) is 32.9. The van der Waals surface area contributed by atoms with E-state index in [9.17, 15) is 4.79 Å². The maximum absolute atomic E-state index is 11.5. The molecule has 5 heteroatoms. The fourth-order valence-electron chi connectivity index (χ4n) is 4.70. The SMILES string of the molecule is CC/C=C\C/C=C\C/C=C\CC(CCSCCC(=O)OC)O[Si](c1ccccc1)(c1ccccc1)C(C)(C)C. The van der Waals surface area contributed by atoms with E-state index in [1.807, 2.05) is 0 Å². The van der Waals surface area contributed by atoms with Gasteiger partial charge in [-0.3, -0.25) is 4.79 Å². The molecule has 212 valence electrons. The molecule has 0 N–H and O–H groups in total. The van der Waals surface area contributed by atoms with Crippen molar-refractivity contribution in [2.24, 2.45) is 0 Å². The largest absolute Gasteiger partial charge is 0.469 e. The molecule has 0 aliphatic heterocycles. The number of ether oxygens (including phenoxy) is 1. The van der Waals surface area contributed by atoms with Gasteiger partial charge in [0.25, 0.3) is 8.32 Å². The van der Waals surface area contributed by atoms with E-state index >= 15 is 0 Å². The third kappa shape index (κ3) is 11.0. The number of allylic oxidation sites excluding steroid dienone is 5. The van der Waals surface area contributed by atoms with Crippen molar-refractivity contribution in [3.63, 3.8) is 0 Å². The second kappa shape index (κ2) is 18.1. The predicted molar refractivity (Wildman–Crippen MR) is 173 cm³/mol. The highest BCUT2D eigenvalue weighted by atomic mass is 32.2. The third-order valence-electron chi connectivity index (χ3n) is 6.70. The summed E-state index contributed by atoms with van der Waals surface area (Å²) in [6.45, 7) is 9.14. The Hall–Kier alpha value is -2.34. The predicted octanol–water partition coefficient (Wildman–Crippen LogP) is 7.87. The Bertz CT molecular complexity index is 986. The average Bonchev–Trinajstić information content (AvgIpc) is 2.94. The van der Waals surface area contributed by atoms with Crippen LogP contribution in [0.5, 0.6) is 0 Å². The number of hydrogen-bond donors (Lipinski definition) is 0. The van der Waals surface area contributed by atoms with Gasteiger partial charge in [-0.1, -0.05) is 125 Å². The van der Waals surface area contributed by atoms with Crippen molar-refractivity contribution in [3.8, 4) is 0 Å². The quantitative estimate of drug-likeness (QED) is 0.0848. The maximum atomic E-state index is 11.5. The minimum Gasteiger partial charge on any atom is -0.469 e. The molecular formula is C34H48O3SSi. The van der Waals surface area contributed by atoms with Crippen molar-refractivity contribution in [2.45, 2.75) is 77.4 Å². The van der Waals surface area contributed by atoms with Gasteiger partial charge in [-0.15, -0.1) is 0 Å². The van der Waals surface area contributed by atoms with Crippen LogP contribution >= 0.6 is 11.8 Å². The van der Waals surface area contributed by atoms with Crippen molar-refractivity contribution < 1.29 is 14.0 Å². The molecule has 1 unspecified atom stereocenters. The molecule has 0 saturated heterocycles. The molecule has 3 nitrogen and oxygen atoms in total. The molecule has 0 fully saturated rings. The van der Waals surface area contributed by atoms with Gasteiger partial charge in [0.2, 0.25) is 0 Å². The summed E-state index contributed by atoms with van der Waals surface area (Å²) in [5, 5.41) is 2.54. The van der Waals surface area contributed by atoms with E-state index < -0.39 is 8.32 Å². The molecule has 0 heterocycles. The monoisotopic (exact) mass is 564 g/mol. The number of hydrogen-bond acceptors (Lipinski definition) is 4. The number of carbonyl (C=O) groups is 1. The lowest BCUT2D eigenvalue weighted by Crippen LogP contribution is -2.67. The molecule has 2 aromatic rings. The van der Waals surface area contributed by atoms with Gasteiger partial charge in [0.1, 0.15) is 0 Å². The van der Waals surface area contributed by atoms with Crippen LogP contribution in [0.2, 0.25) is 5.04 Å². The lowest BCUT2D eigenvalue weighted by atomic mass is 10.2. The molecule has 39 heavy (non-hydrogen) atoms. The third-order valence-corrected chi connectivity index (χ3v) is 12.8. The van der Waals surface area contributed by atoms with Crippen molar-refractivity contribution in [1.29, 1.82) is 0 Å². The lowest BCUT2D eigenvalue weighted by molar-refractivity contribution is -0.140. The summed E-state index contributed by atoms with van der Waals surface area (Å²) in [4.78, 5) is 11.5. The number of benzene rings is 2. The van der Waals surface area contributed by atoms with E-state index in [1.165, 1.54) is 17.5 Å². The molecular weight excluding hydrogens is 517 g/mol. The Labute approximate surface area is 242 Å². The highest BCUT2D eigenvalue weighted by Gasteiger charge is 2.51. The molecule has 0 amide bonds. The second-order valence-electron chi connectivity index (χ2n) is 10.7. The molecule has 0 spiro atoms. The first-order valence-corrected chi connectivity index (χ1v) is 17.3. The summed E-state index contributed by atoms with van der Waals surface area (Å²) in [5.41, 5.74) is 0. The fraction of sp³-hybridized carbons (Fsp3) is 0.441. The van der Waals surface area contributed by atoms with E-state index in [0.717, 1.165) is 43.6 Å². The van der Waals surface area contributed by atoms with Gasteiger partial charge < -0.3 is 9.16 Å². The number of thioether (sulfide) groups is 1. The first-order chi connectivity index (χ1) is 18.8. The van der Waals surface area contributed by atoms with Gasteiger partial charge in [-0.05, 0) is 53.3 Å². The van der Waals surface area contributed by atoms with Crippen molar-refractivity contribution >= 4 is 36.4 Å². The number of carbonyl (C=O) groups excluding carboxylic acids is 1. The molecule has 0 saturated carbocycles. The second-order valence-corrected chi connectivity index (χ2v) is 16.1. The first-order valence-electron chi connectivity index (χ1n) is 14.2. The minimum atomic E-state index is -2.64. The summed E-state index contributed by atoms with van der Waals surface area (Å²) in [5.74, 6) is 1.56. The van der Waals surface area contributed by atoms with Crippen LogP contribution in [0.4, 0.5) is 0 Å². The van der Waals surface area contributed by atoms with Gasteiger partial charge in [-0.25, -0.2) is 0 Å². The van der Waals surface area contributed by atoms with Crippen molar-refractivity contribution in [1.82, 2.24) is 0 Å². The van der Waals surface area contributed by atoms with Crippen LogP contribution in [0.25, 0.3) is 0 Å². The minimum absolute atomic E-state index is 0.0650. The molecule has 0 bridgehead atoms. The average molecular weight is 565 g/mol. The van der Waals surface area contributed by atoms with Crippen LogP contribution in [0.1, 0.15) is 66.2 Å². The van der Waals surface area contributed by atoms with E-state index in [4.69, 9.17) is 9.16 Å². The zero-order chi connectivity index (χ0) is 28.4. The maximum Gasteiger partial charge on any atom is 0.306 e. The Kier molecular flexibility index (Phi) is 15.2. The molecule has 0 radical (unpaired) electrons. The Morgan fingerprint density at radius 1 is 0.846 bits per heavy atom. The summed E-state index contributed by atoms with van der Waals surface area (Å²) >= 11 is 1.80. The summed E-state index contributed by atoms with van der Waals surface area (Å²) in [6, 6.07) is 21.7. The smallest absolute Gasteiger partial charge is 0.306 e. The van der Waals surface area contributed by atoms with Crippen LogP contribution in [-0.2, 0) is 14.0 Å². The van der Waals surface area contributed by atoms with E-state index in [-0.39, 0.29) is 17.1 Å². The highest BCUT2D eigenvalue weighted by Crippen LogP contribution is 2.38. The van der Waals surface area contributed by atoms with Gasteiger partial charge in [0.15, 0.2) is 0 Å². The van der Waals surface area contributed by atoms with Gasteiger partial charge in [-0.2, -0.15) is 11.8 Å².